The summed E-state index contributed by atoms with van der Waals surface area (Å²) in [5.41, 5.74) is -0.845. The monoisotopic (exact) mass is 483 g/mol. The summed E-state index contributed by atoms with van der Waals surface area (Å²) in [5.74, 6) is -1.18. The fourth-order valence-electron chi connectivity index (χ4n) is 3.54. The first-order valence-corrected chi connectivity index (χ1v) is 11.8. The van der Waals surface area contributed by atoms with Gasteiger partial charge in [0.1, 0.15) is 0 Å². The van der Waals surface area contributed by atoms with Crippen molar-refractivity contribution in [1.82, 2.24) is 9.62 Å². The molecule has 1 fully saturated rings. The van der Waals surface area contributed by atoms with Crippen molar-refractivity contribution in [2.24, 2.45) is 5.92 Å². The Bertz CT molecular complexity index is 1080. The Hall–Kier alpha value is -2.92. The highest BCUT2D eigenvalue weighted by molar-refractivity contribution is 7.89. The lowest BCUT2D eigenvalue weighted by Gasteiger charge is -2.30. The largest absolute Gasteiger partial charge is 0.416 e. The molecule has 1 saturated heterocycles. The first-order chi connectivity index (χ1) is 15.6. The lowest BCUT2D eigenvalue weighted by atomic mass is 9.97. The van der Waals surface area contributed by atoms with Crippen LogP contribution in [0, 0.1) is 5.92 Å². The number of carbonyl (C=O) groups excluding carboxylic acids is 2. The number of alkyl halides is 3. The van der Waals surface area contributed by atoms with E-state index in [1.54, 1.807) is 18.2 Å². The maximum Gasteiger partial charge on any atom is 0.416 e. The molecule has 1 aliphatic heterocycles. The maximum atomic E-state index is 12.8. The lowest BCUT2D eigenvalue weighted by Crippen LogP contribution is -2.43. The Morgan fingerprint density at radius 1 is 1.00 bits per heavy atom. The van der Waals surface area contributed by atoms with E-state index in [0.717, 1.165) is 12.1 Å². The summed E-state index contributed by atoms with van der Waals surface area (Å²) < 4.78 is 64.9. The van der Waals surface area contributed by atoms with Crippen LogP contribution in [0.1, 0.15) is 24.8 Å². The molecule has 2 amide bonds. The van der Waals surface area contributed by atoms with Gasteiger partial charge in [-0.2, -0.15) is 17.5 Å². The first-order valence-electron chi connectivity index (χ1n) is 10.4. The predicted octanol–water partition coefficient (Wildman–Crippen LogP) is 3.25. The summed E-state index contributed by atoms with van der Waals surface area (Å²) in [6, 6.07) is 12.4. The van der Waals surface area contributed by atoms with Gasteiger partial charge in [0.05, 0.1) is 10.5 Å². The molecule has 2 aromatic carbocycles. The van der Waals surface area contributed by atoms with E-state index in [2.05, 4.69) is 10.6 Å². The van der Waals surface area contributed by atoms with Crippen LogP contribution in [-0.2, 0) is 25.8 Å². The topological polar surface area (TPSA) is 95.6 Å². The molecule has 0 atom stereocenters. The zero-order chi connectivity index (χ0) is 24.1. The van der Waals surface area contributed by atoms with Crippen LogP contribution < -0.4 is 10.6 Å². The minimum absolute atomic E-state index is 0.0200. The number of anilines is 1. The fraction of sp³-hybridized carbons (Fsp3) is 0.364. The summed E-state index contributed by atoms with van der Waals surface area (Å²) in [5, 5.41) is 5.02. The minimum atomic E-state index is -4.51. The molecule has 0 saturated carbocycles. The van der Waals surface area contributed by atoms with Crippen LogP contribution in [0.25, 0.3) is 0 Å². The highest BCUT2D eigenvalue weighted by Crippen LogP contribution is 2.30. The van der Waals surface area contributed by atoms with Crippen LogP contribution in [0.3, 0.4) is 0 Å². The smallest absolute Gasteiger partial charge is 0.355 e. The zero-order valence-electron chi connectivity index (χ0n) is 17.6. The molecule has 0 bridgehead atoms. The number of halogens is 3. The van der Waals surface area contributed by atoms with Crippen molar-refractivity contribution in [3.8, 4) is 0 Å². The Morgan fingerprint density at radius 3 is 2.30 bits per heavy atom. The molecule has 11 heteroatoms. The number of benzene rings is 2. The highest BCUT2D eigenvalue weighted by atomic mass is 32.2. The Morgan fingerprint density at radius 2 is 1.67 bits per heavy atom. The minimum Gasteiger partial charge on any atom is -0.355 e. The quantitative estimate of drug-likeness (QED) is 0.632. The van der Waals surface area contributed by atoms with Crippen LogP contribution in [0.2, 0.25) is 0 Å². The molecule has 1 aliphatic rings. The summed E-state index contributed by atoms with van der Waals surface area (Å²) in [4.78, 5) is 24.6. The van der Waals surface area contributed by atoms with Gasteiger partial charge < -0.3 is 10.6 Å². The number of sulfonamides is 1. The Kier molecular flexibility index (Phi) is 7.75. The Labute approximate surface area is 190 Å². The first kappa shape index (κ1) is 24.7. The predicted molar refractivity (Wildman–Crippen MR) is 116 cm³/mol. The number of amides is 2. The van der Waals surface area contributed by atoms with Gasteiger partial charge in [-0.05, 0) is 43.2 Å². The van der Waals surface area contributed by atoms with Crippen molar-refractivity contribution in [2.45, 2.75) is 30.3 Å². The van der Waals surface area contributed by atoms with Crippen molar-refractivity contribution in [3.05, 3.63) is 60.2 Å². The molecular weight excluding hydrogens is 459 g/mol. The van der Waals surface area contributed by atoms with Crippen molar-refractivity contribution in [2.75, 3.05) is 25.0 Å². The number of carbonyl (C=O) groups is 2. The van der Waals surface area contributed by atoms with Gasteiger partial charge in [-0.15, -0.1) is 0 Å². The molecule has 0 radical (unpaired) electrons. The number of nitrogens with zero attached hydrogens (tertiary/aromatic N) is 1. The van der Waals surface area contributed by atoms with Crippen LogP contribution in [0.5, 0.6) is 0 Å². The zero-order valence-corrected chi connectivity index (χ0v) is 18.5. The van der Waals surface area contributed by atoms with Crippen LogP contribution >= 0.6 is 0 Å². The van der Waals surface area contributed by atoms with Gasteiger partial charge in [0, 0.05) is 37.7 Å². The SMILES string of the molecule is O=C(CCNC(=O)C1CCN(S(=O)(=O)c2ccccc2)CC1)Nc1cccc(C(F)(F)F)c1. The molecule has 3 rings (SSSR count). The van der Waals surface area contributed by atoms with E-state index < -0.39 is 27.7 Å². The van der Waals surface area contributed by atoms with E-state index in [1.165, 1.54) is 28.6 Å². The average Bonchev–Trinajstić information content (AvgIpc) is 2.79. The number of piperidine rings is 1. The molecular formula is C22H24F3N3O4S. The van der Waals surface area contributed by atoms with Crippen LogP contribution in [0.15, 0.2) is 59.5 Å². The highest BCUT2D eigenvalue weighted by Gasteiger charge is 2.32. The van der Waals surface area contributed by atoms with Gasteiger partial charge in [-0.25, -0.2) is 8.42 Å². The molecule has 2 N–H and O–H groups in total. The number of hydrogen-bond donors (Lipinski definition) is 2. The van der Waals surface area contributed by atoms with Gasteiger partial charge in [0.15, 0.2) is 0 Å². The van der Waals surface area contributed by atoms with Crippen molar-refractivity contribution in [1.29, 1.82) is 0 Å². The van der Waals surface area contributed by atoms with Gasteiger partial charge in [-0.3, -0.25) is 9.59 Å². The van der Waals surface area contributed by atoms with E-state index in [4.69, 9.17) is 0 Å². The van der Waals surface area contributed by atoms with Crippen molar-refractivity contribution < 1.29 is 31.2 Å². The summed E-state index contributed by atoms with van der Waals surface area (Å²) in [7, 11) is -3.60. The van der Waals surface area contributed by atoms with Crippen LogP contribution in [-0.4, -0.2) is 44.2 Å². The van der Waals surface area contributed by atoms with Gasteiger partial charge in [0.25, 0.3) is 0 Å². The summed E-state index contributed by atoms with van der Waals surface area (Å²) >= 11 is 0. The number of nitrogens with one attached hydrogen (secondary N) is 2. The molecule has 0 spiro atoms. The number of rotatable bonds is 7. The van der Waals surface area contributed by atoms with E-state index in [0.29, 0.717) is 12.8 Å². The molecule has 0 unspecified atom stereocenters. The van der Waals surface area contributed by atoms with Crippen molar-refractivity contribution >= 4 is 27.5 Å². The third kappa shape index (κ3) is 6.55. The normalized spacial score (nSPS) is 15.7. The van der Waals surface area contributed by atoms with Gasteiger partial charge in [-0.1, -0.05) is 24.3 Å². The second-order valence-electron chi connectivity index (χ2n) is 7.66. The average molecular weight is 484 g/mol. The maximum absolute atomic E-state index is 12.8. The summed E-state index contributed by atoms with van der Waals surface area (Å²) in [6.07, 6.45) is -3.91. The molecule has 7 nitrogen and oxygen atoms in total. The van der Waals surface area contributed by atoms with E-state index >= 15 is 0 Å². The fourth-order valence-corrected chi connectivity index (χ4v) is 5.03. The molecule has 0 aliphatic carbocycles. The van der Waals surface area contributed by atoms with Gasteiger partial charge >= 0.3 is 6.18 Å². The van der Waals surface area contributed by atoms with E-state index in [-0.39, 0.29) is 48.5 Å². The molecule has 0 aromatic heterocycles. The Balaban J connectivity index is 1.42. The van der Waals surface area contributed by atoms with E-state index in [9.17, 15) is 31.2 Å². The summed E-state index contributed by atoms with van der Waals surface area (Å²) in [6.45, 7) is 0.447. The second kappa shape index (κ2) is 10.3. The standard InChI is InChI=1S/C22H24F3N3O4S/c23-22(24,25)17-5-4-6-18(15-17)27-20(29)9-12-26-21(30)16-10-13-28(14-11-16)33(31,32)19-7-2-1-3-8-19/h1-8,15-16H,9-14H2,(H,26,30)(H,27,29). The van der Waals surface area contributed by atoms with E-state index in [1.807, 2.05) is 0 Å². The molecule has 1 heterocycles. The number of hydrogen-bond acceptors (Lipinski definition) is 4. The second-order valence-corrected chi connectivity index (χ2v) is 9.60. The molecule has 2 aromatic rings. The van der Waals surface area contributed by atoms with Crippen molar-refractivity contribution in [3.63, 3.8) is 0 Å². The third-order valence-corrected chi connectivity index (χ3v) is 7.24. The third-order valence-electron chi connectivity index (χ3n) is 5.33. The van der Waals surface area contributed by atoms with Gasteiger partial charge in [0.2, 0.25) is 21.8 Å². The molecule has 33 heavy (non-hydrogen) atoms. The molecule has 178 valence electrons. The van der Waals surface area contributed by atoms with Crippen LogP contribution in [0.4, 0.5) is 18.9 Å². The lowest BCUT2D eigenvalue weighted by molar-refractivity contribution is -0.137.